The fourth-order valence-corrected chi connectivity index (χ4v) is 1.69. The molecule has 0 saturated carbocycles. The highest BCUT2D eigenvalue weighted by Gasteiger charge is 2.17. The van der Waals surface area contributed by atoms with Crippen LogP contribution in [0.2, 0.25) is 5.02 Å². The molecule has 0 saturated heterocycles. The molecule has 0 unspecified atom stereocenters. The normalized spacial score (nSPS) is 15.2. The molecular weight excluding hydrogens is 190 g/mol. The van der Waals surface area contributed by atoms with Crippen LogP contribution in [0.25, 0.3) is 0 Å². The summed E-state index contributed by atoms with van der Waals surface area (Å²) in [6, 6.07) is 0. The molecular formula is C8H10ClN3O. The van der Waals surface area contributed by atoms with E-state index in [1.807, 2.05) is 0 Å². The minimum absolute atomic E-state index is 0.407. The molecule has 1 aliphatic heterocycles. The number of ether oxygens (including phenoxy) is 1. The number of aromatic nitrogens is 2. The zero-order valence-electron chi connectivity index (χ0n) is 7.30. The fraction of sp³-hybridized carbons (Fsp3) is 0.500. The summed E-state index contributed by atoms with van der Waals surface area (Å²) in [6.07, 6.45) is 0.881. The Morgan fingerprint density at radius 2 is 2.31 bits per heavy atom. The third-order valence-corrected chi connectivity index (χ3v) is 2.49. The molecule has 0 amide bonds. The number of hydrogen-bond acceptors (Lipinski definition) is 4. The van der Waals surface area contributed by atoms with Gasteiger partial charge in [-0.25, -0.2) is 0 Å². The lowest BCUT2D eigenvalue weighted by atomic mass is 10.1. The Morgan fingerprint density at radius 3 is 3.08 bits per heavy atom. The van der Waals surface area contributed by atoms with E-state index in [1.165, 1.54) is 0 Å². The maximum Gasteiger partial charge on any atom is 0.252 e. The van der Waals surface area contributed by atoms with Crippen molar-refractivity contribution in [2.75, 3.05) is 13.7 Å². The van der Waals surface area contributed by atoms with Gasteiger partial charge in [-0.2, -0.15) is 5.10 Å². The topological polar surface area (TPSA) is 47.0 Å². The van der Waals surface area contributed by atoms with Crippen LogP contribution >= 0.6 is 11.6 Å². The van der Waals surface area contributed by atoms with Gasteiger partial charge in [-0.3, -0.25) is 0 Å². The minimum Gasteiger partial charge on any atom is -0.479 e. The largest absolute Gasteiger partial charge is 0.479 e. The average Bonchev–Trinajstić information content (AvgIpc) is 2.19. The van der Waals surface area contributed by atoms with Crippen LogP contribution in [0.4, 0.5) is 0 Å². The van der Waals surface area contributed by atoms with Crippen molar-refractivity contribution >= 4 is 11.6 Å². The van der Waals surface area contributed by atoms with Gasteiger partial charge in [0.15, 0.2) is 0 Å². The van der Waals surface area contributed by atoms with Crippen LogP contribution in [-0.4, -0.2) is 23.9 Å². The SMILES string of the molecule is COc1nnc2c(c1Cl)CNCC2. The Kier molecular flexibility index (Phi) is 2.33. The van der Waals surface area contributed by atoms with E-state index < -0.39 is 0 Å². The lowest BCUT2D eigenvalue weighted by Gasteiger charge is -2.17. The van der Waals surface area contributed by atoms with Gasteiger partial charge in [-0.15, -0.1) is 5.10 Å². The van der Waals surface area contributed by atoms with E-state index in [0.717, 1.165) is 30.8 Å². The molecule has 0 aliphatic carbocycles. The highest BCUT2D eigenvalue weighted by atomic mass is 35.5. The van der Waals surface area contributed by atoms with Crippen LogP contribution < -0.4 is 10.1 Å². The number of hydrogen-bond donors (Lipinski definition) is 1. The second-order valence-electron chi connectivity index (χ2n) is 2.88. The fourth-order valence-electron chi connectivity index (χ4n) is 1.40. The van der Waals surface area contributed by atoms with Crippen molar-refractivity contribution in [2.24, 2.45) is 0 Å². The van der Waals surface area contributed by atoms with Crippen molar-refractivity contribution in [3.8, 4) is 5.88 Å². The van der Waals surface area contributed by atoms with Crippen molar-refractivity contribution in [1.82, 2.24) is 15.5 Å². The summed E-state index contributed by atoms with van der Waals surface area (Å²) in [7, 11) is 1.54. The lowest BCUT2D eigenvalue weighted by Crippen LogP contribution is -2.25. The number of rotatable bonds is 1. The first kappa shape index (κ1) is 8.72. The molecule has 0 aromatic carbocycles. The van der Waals surface area contributed by atoms with E-state index >= 15 is 0 Å². The molecule has 5 heteroatoms. The summed E-state index contributed by atoms with van der Waals surface area (Å²) in [4.78, 5) is 0. The maximum atomic E-state index is 6.06. The van der Waals surface area contributed by atoms with Gasteiger partial charge in [0.05, 0.1) is 12.8 Å². The molecule has 2 rings (SSSR count). The predicted molar refractivity (Wildman–Crippen MR) is 49.0 cm³/mol. The van der Waals surface area contributed by atoms with E-state index in [4.69, 9.17) is 16.3 Å². The molecule has 0 radical (unpaired) electrons. The monoisotopic (exact) mass is 199 g/mol. The Hall–Kier alpha value is -0.870. The van der Waals surface area contributed by atoms with Gasteiger partial charge in [0.2, 0.25) is 0 Å². The Bertz CT molecular complexity index is 329. The highest BCUT2D eigenvalue weighted by Crippen LogP contribution is 2.28. The van der Waals surface area contributed by atoms with Gasteiger partial charge >= 0.3 is 0 Å². The molecule has 1 aliphatic rings. The minimum atomic E-state index is 0.407. The number of nitrogens with one attached hydrogen (secondary N) is 1. The Labute approximate surface area is 81.3 Å². The molecule has 13 heavy (non-hydrogen) atoms. The Balaban J connectivity index is 2.48. The molecule has 1 aromatic rings. The number of methoxy groups -OCH3 is 1. The quantitative estimate of drug-likeness (QED) is 0.727. The zero-order chi connectivity index (χ0) is 9.26. The van der Waals surface area contributed by atoms with Gasteiger partial charge in [-0.1, -0.05) is 11.6 Å². The average molecular weight is 200 g/mol. The molecule has 4 nitrogen and oxygen atoms in total. The first-order valence-electron chi connectivity index (χ1n) is 4.11. The number of fused-ring (bicyclic) bond motifs is 1. The third kappa shape index (κ3) is 1.47. The maximum absolute atomic E-state index is 6.06. The van der Waals surface area contributed by atoms with E-state index in [2.05, 4.69) is 15.5 Å². The van der Waals surface area contributed by atoms with Crippen LogP contribution in [0.1, 0.15) is 11.3 Å². The Morgan fingerprint density at radius 1 is 1.46 bits per heavy atom. The molecule has 1 N–H and O–H groups in total. The molecule has 0 bridgehead atoms. The summed E-state index contributed by atoms with van der Waals surface area (Å²) in [6.45, 7) is 1.68. The summed E-state index contributed by atoms with van der Waals surface area (Å²) in [5.74, 6) is 0.407. The van der Waals surface area contributed by atoms with E-state index in [0.29, 0.717) is 10.9 Å². The second-order valence-corrected chi connectivity index (χ2v) is 3.25. The van der Waals surface area contributed by atoms with Crippen molar-refractivity contribution < 1.29 is 4.74 Å². The molecule has 70 valence electrons. The van der Waals surface area contributed by atoms with Crippen molar-refractivity contribution in [1.29, 1.82) is 0 Å². The molecule has 2 heterocycles. The van der Waals surface area contributed by atoms with Crippen molar-refractivity contribution in [3.05, 3.63) is 16.3 Å². The number of halogens is 1. The van der Waals surface area contributed by atoms with Gasteiger partial charge in [0.25, 0.3) is 5.88 Å². The summed E-state index contributed by atoms with van der Waals surface area (Å²) < 4.78 is 4.98. The molecule has 0 fully saturated rings. The van der Waals surface area contributed by atoms with Gasteiger partial charge < -0.3 is 10.1 Å². The first-order chi connectivity index (χ1) is 6.33. The highest BCUT2D eigenvalue weighted by molar-refractivity contribution is 6.32. The molecule has 1 aromatic heterocycles. The second kappa shape index (κ2) is 3.47. The van der Waals surface area contributed by atoms with Crippen molar-refractivity contribution in [2.45, 2.75) is 13.0 Å². The summed E-state index contributed by atoms with van der Waals surface area (Å²) in [5, 5.41) is 11.7. The number of nitrogens with zero attached hydrogens (tertiary/aromatic N) is 2. The standard InChI is InChI=1S/C8H10ClN3O/c1-13-8-7(9)5-4-10-3-2-6(5)11-12-8/h10H,2-4H2,1H3. The van der Waals surface area contributed by atoms with E-state index in [-0.39, 0.29) is 0 Å². The third-order valence-electron chi connectivity index (χ3n) is 2.10. The summed E-state index contributed by atoms with van der Waals surface area (Å²) >= 11 is 6.06. The van der Waals surface area contributed by atoms with Gasteiger partial charge in [0, 0.05) is 25.1 Å². The van der Waals surface area contributed by atoms with Crippen LogP contribution in [-0.2, 0) is 13.0 Å². The van der Waals surface area contributed by atoms with E-state index in [1.54, 1.807) is 7.11 Å². The van der Waals surface area contributed by atoms with Crippen LogP contribution in [0.5, 0.6) is 5.88 Å². The van der Waals surface area contributed by atoms with Crippen LogP contribution in [0.15, 0.2) is 0 Å². The first-order valence-corrected chi connectivity index (χ1v) is 4.49. The lowest BCUT2D eigenvalue weighted by molar-refractivity contribution is 0.389. The molecule has 0 atom stereocenters. The smallest absolute Gasteiger partial charge is 0.252 e. The predicted octanol–water partition coefficient (Wildman–Crippen LogP) is 0.784. The van der Waals surface area contributed by atoms with Crippen LogP contribution in [0.3, 0.4) is 0 Å². The molecule has 0 spiro atoms. The van der Waals surface area contributed by atoms with E-state index in [9.17, 15) is 0 Å². The zero-order valence-corrected chi connectivity index (χ0v) is 8.06. The van der Waals surface area contributed by atoms with Crippen molar-refractivity contribution in [3.63, 3.8) is 0 Å². The van der Waals surface area contributed by atoms with Gasteiger partial charge in [0.1, 0.15) is 5.02 Å². The van der Waals surface area contributed by atoms with Crippen LogP contribution in [0, 0.1) is 0 Å². The van der Waals surface area contributed by atoms with Gasteiger partial charge in [-0.05, 0) is 0 Å². The summed E-state index contributed by atoms with van der Waals surface area (Å²) in [5.41, 5.74) is 1.99.